The predicted octanol–water partition coefficient (Wildman–Crippen LogP) is 7.54. The summed E-state index contributed by atoms with van der Waals surface area (Å²) in [6, 6.07) is 6.93. The molecular formula is C27H45NO4SSi. The summed E-state index contributed by atoms with van der Waals surface area (Å²) in [4.78, 5) is 0.268. The van der Waals surface area contributed by atoms with Crippen molar-refractivity contribution in [3.63, 3.8) is 0 Å². The molecule has 0 aliphatic heterocycles. The maximum absolute atomic E-state index is 13.2. The summed E-state index contributed by atoms with van der Waals surface area (Å²) in [5.41, 5.74) is 4.72. The lowest BCUT2D eigenvalue weighted by molar-refractivity contribution is 0.269. The molecule has 0 N–H and O–H groups in total. The lowest BCUT2D eigenvalue weighted by atomic mass is 10.1. The molecule has 0 amide bonds. The van der Waals surface area contributed by atoms with Gasteiger partial charge in [0.05, 0.1) is 4.90 Å². The Morgan fingerprint density at radius 2 is 1.44 bits per heavy atom. The van der Waals surface area contributed by atoms with Crippen molar-refractivity contribution in [1.29, 1.82) is 0 Å². The van der Waals surface area contributed by atoms with Crippen LogP contribution in [-0.2, 0) is 20.9 Å². The maximum Gasteiger partial charge on any atom is 0.266 e. The van der Waals surface area contributed by atoms with E-state index in [9.17, 15) is 8.42 Å². The second-order valence-electron chi connectivity index (χ2n) is 10.5. The Kier molecular flexibility index (Phi) is 9.65. The second-order valence-corrected chi connectivity index (χ2v) is 17.9. The van der Waals surface area contributed by atoms with Crippen LogP contribution >= 0.6 is 0 Å². The normalized spacial score (nSPS) is 12.9. The fraction of sp³-hybridized carbons (Fsp3) is 0.630. The van der Waals surface area contributed by atoms with E-state index >= 15 is 0 Å². The molecule has 0 saturated carbocycles. The highest BCUT2D eigenvalue weighted by Gasteiger charge is 2.44. The number of unbranched alkanes of at least 4 members (excludes halogenated alkanes) is 1. The first-order valence-electron chi connectivity index (χ1n) is 12.5. The molecule has 0 aliphatic rings. The Bertz CT molecular complexity index is 1020. The highest BCUT2D eigenvalue weighted by atomic mass is 32.2. The molecule has 7 heteroatoms. The van der Waals surface area contributed by atoms with Crippen molar-refractivity contribution in [2.45, 2.75) is 103 Å². The molecule has 1 heterocycles. The van der Waals surface area contributed by atoms with Crippen LogP contribution in [0.5, 0.6) is 0 Å². The van der Waals surface area contributed by atoms with Crippen LogP contribution < -0.4 is 4.31 Å². The Balaban J connectivity index is 2.14. The standard InChI is InChI=1S/C27H45NO4SSi/c1-19(2)34(20(3)4,21(5)6)31-18-12-11-13-26-23(8)24(9)32-27(26)28(10)33(29,30)25-16-14-22(7)15-17-25/h14-17,19-21H,11-13,18H2,1-10H3. The van der Waals surface area contributed by atoms with E-state index < -0.39 is 18.3 Å². The third-order valence-electron chi connectivity index (χ3n) is 7.33. The average Bonchev–Trinajstić information content (AvgIpc) is 3.03. The zero-order valence-electron chi connectivity index (χ0n) is 22.9. The lowest BCUT2D eigenvalue weighted by Gasteiger charge is -2.42. The van der Waals surface area contributed by atoms with Gasteiger partial charge in [0.15, 0.2) is 8.32 Å². The predicted molar refractivity (Wildman–Crippen MR) is 145 cm³/mol. The quantitative estimate of drug-likeness (QED) is 0.220. The summed E-state index contributed by atoms with van der Waals surface area (Å²) in [5, 5.41) is 0. The Morgan fingerprint density at radius 1 is 0.912 bits per heavy atom. The van der Waals surface area contributed by atoms with Crippen LogP contribution in [-0.4, -0.2) is 30.4 Å². The number of rotatable bonds is 12. The van der Waals surface area contributed by atoms with Gasteiger partial charge in [-0.1, -0.05) is 59.2 Å². The number of hydrogen-bond acceptors (Lipinski definition) is 4. The molecule has 1 aromatic heterocycles. The third-order valence-corrected chi connectivity index (χ3v) is 15.2. The van der Waals surface area contributed by atoms with Crippen LogP contribution in [0, 0.1) is 20.8 Å². The Labute approximate surface area is 209 Å². The van der Waals surface area contributed by atoms with E-state index in [0.29, 0.717) is 22.5 Å². The highest BCUT2D eigenvalue weighted by molar-refractivity contribution is 7.92. The number of sulfonamides is 1. The van der Waals surface area contributed by atoms with Crippen molar-refractivity contribution in [1.82, 2.24) is 0 Å². The van der Waals surface area contributed by atoms with E-state index in [4.69, 9.17) is 8.84 Å². The molecule has 5 nitrogen and oxygen atoms in total. The number of aryl methyl sites for hydroxylation is 2. The topological polar surface area (TPSA) is 59.8 Å². The molecule has 2 rings (SSSR count). The minimum absolute atomic E-state index is 0.268. The van der Waals surface area contributed by atoms with Crippen LogP contribution in [0.25, 0.3) is 0 Å². The minimum Gasteiger partial charge on any atom is -0.444 e. The van der Waals surface area contributed by atoms with Crippen molar-refractivity contribution in [2.75, 3.05) is 18.0 Å². The number of furan rings is 1. The van der Waals surface area contributed by atoms with Crippen molar-refractivity contribution < 1.29 is 17.3 Å². The second kappa shape index (κ2) is 11.4. The van der Waals surface area contributed by atoms with Gasteiger partial charge in [0.25, 0.3) is 10.0 Å². The van der Waals surface area contributed by atoms with Crippen molar-refractivity contribution in [3.8, 4) is 0 Å². The summed E-state index contributed by atoms with van der Waals surface area (Å²) in [6.45, 7) is 20.4. The molecule has 2 aromatic rings. The van der Waals surface area contributed by atoms with E-state index in [0.717, 1.165) is 48.3 Å². The molecule has 0 saturated heterocycles. The molecule has 0 spiro atoms. The molecule has 192 valence electrons. The molecule has 0 fully saturated rings. The van der Waals surface area contributed by atoms with Gasteiger partial charge < -0.3 is 8.84 Å². The van der Waals surface area contributed by atoms with Crippen LogP contribution in [0.1, 0.15) is 76.8 Å². The number of anilines is 1. The monoisotopic (exact) mass is 507 g/mol. The zero-order chi connectivity index (χ0) is 25.8. The fourth-order valence-electron chi connectivity index (χ4n) is 5.34. The Morgan fingerprint density at radius 3 is 1.94 bits per heavy atom. The van der Waals surface area contributed by atoms with Crippen molar-refractivity contribution in [3.05, 3.63) is 46.7 Å². The van der Waals surface area contributed by atoms with Gasteiger partial charge in [-0.25, -0.2) is 12.7 Å². The van der Waals surface area contributed by atoms with Gasteiger partial charge in [0.1, 0.15) is 5.76 Å². The summed E-state index contributed by atoms with van der Waals surface area (Å²) >= 11 is 0. The minimum atomic E-state index is -3.70. The largest absolute Gasteiger partial charge is 0.444 e. The molecule has 0 aliphatic carbocycles. The van der Waals surface area contributed by atoms with E-state index in [1.807, 2.05) is 32.9 Å². The van der Waals surface area contributed by atoms with Gasteiger partial charge in [0.2, 0.25) is 5.88 Å². The molecule has 34 heavy (non-hydrogen) atoms. The van der Waals surface area contributed by atoms with E-state index in [2.05, 4.69) is 41.5 Å². The van der Waals surface area contributed by atoms with Gasteiger partial charge >= 0.3 is 0 Å². The SMILES string of the molecule is Cc1ccc(S(=O)(=O)N(C)c2oc(C)c(C)c2CCCCO[Si](C(C)C)(C(C)C)C(C)C)cc1. The van der Waals surface area contributed by atoms with Crippen molar-refractivity contribution in [2.24, 2.45) is 0 Å². The maximum atomic E-state index is 13.2. The molecule has 0 bridgehead atoms. The van der Waals surface area contributed by atoms with Gasteiger partial charge in [-0.05, 0) is 74.4 Å². The fourth-order valence-corrected chi connectivity index (χ4v) is 12.0. The first-order valence-corrected chi connectivity index (χ1v) is 16.1. The van der Waals surface area contributed by atoms with Gasteiger partial charge in [-0.2, -0.15) is 0 Å². The highest BCUT2D eigenvalue weighted by Crippen LogP contribution is 2.42. The summed E-state index contributed by atoms with van der Waals surface area (Å²) in [5.74, 6) is 1.19. The number of hydrogen-bond donors (Lipinski definition) is 0. The molecule has 0 radical (unpaired) electrons. The van der Waals surface area contributed by atoms with Crippen LogP contribution in [0.15, 0.2) is 33.6 Å². The summed E-state index contributed by atoms with van der Waals surface area (Å²) in [7, 11) is -3.99. The molecule has 0 atom stereocenters. The van der Waals surface area contributed by atoms with Gasteiger partial charge in [0, 0.05) is 19.2 Å². The summed E-state index contributed by atoms with van der Waals surface area (Å²) < 4.78 is 40.4. The Hall–Kier alpha value is -1.57. The lowest BCUT2D eigenvalue weighted by Crippen LogP contribution is -2.47. The number of nitrogens with zero attached hydrogens (tertiary/aromatic N) is 1. The average molecular weight is 508 g/mol. The first kappa shape index (κ1) is 28.7. The molecular weight excluding hydrogens is 462 g/mol. The van der Waals surface area contributed by atoms with Crippen molar-refractivity contribution >= 4 is 24.2 Å². The van der Waals surface area contributed by atoms with E-state index in [-0.39, 0.29) is 4.90 Å². The number of benzene rings is 1. The van der Waals surface area contributed by atoms with Gasteiger partial charge in [-0.15, -0.1) is 0 Å². The first-order chi connectivity index (χ1) is 15.8. The smallest absolute Gasteiger partial charge is 0.266 e. The molecule has 1 aromatic carbocycles. The zero-order valence-corrected chi connectivity index (χ0v) is 24.7. The third kappa shape index (κ3) is 5.80. The molecule has 0 unspecified atom stereocenters. The van der Waals surface area contributed by atoms with Crippen LogP contribution in [0.3, 0.4) is 0 Å². The van der Waals surface area contributed by atoms with Crippen LogP contribution in [0.4, 0.5) is 5.88 Å². The summed E-state index contributed by atoms with van der Waals surface area (Å²) in [6.07, 6.45) is 2.62. The van der Waals surface area contributed by atoms with E-state index in [1.54, 1.807) is 19.2 Å². The van der Waals surface area contributed by atoms with E-state index in [1.165, 1.54) is 4.31 Å². The van der Waals surface area contributed by atoms with Crippen LogP contribution in [0.2, 0.25) is 16.6 Å². The van der Waals surface area contributed by atoms with Gasteiger partial charge in [-0.3, -0.25) is 0 Å².